The Hall–Kier alpha value is -2.22. The molecule has 0 fully saturated rings. The average molecular weight is 254 g/mol. The largest absolute Gasteiger partial charge is 0.481 e. The number of carbonyl (C=O) groups excluding carboxylic acids is 1. The van der Waals surface area contributed by atoms with Crippen LogP contribution in [0.4, 0.5) is 10.5 Å². The fraction of sp³-hybridized carbons (Fsp3) is 0.400. The molecule has 0 aromatic carbocycles. The van der Waals surface area contributed by atoms with Gasteiger partial charge in [0.05, 0.1) is 30.6 Å². The van der Waals surface area contributed by atoms with Crippen LogP contribution in [0.5, 0.6) is 0 Å². The molecule has 1 rings (SSSR count). The lowest BCUT2D eigenvalue weighted by molar-refractivity contribution is -0.139. The van der Waals surface area contributed by atoms with Crippen molar-refractivity contribution in [2.24, 2.45) is 0 Å². The van der Waals surface area contributed by atoms with E-state index in [1.807, 2.05) is 0 Å². The third-order valence-electron chi connectivity index (χ3n) is 2.04. The molecular weight excluding hydrogens is 240 g/mol. The molecular formula is C10H14N4O4. The van der Waals surface area contributed by atoms with Crippen LogP contribution in [-0.2, 0) is 9.53 Å². The number of rotatable bonds is 6. The second-order valence-corrected chi connectivity index (χ2v) is 3.42. The number of ether oxygens (including phenoxy) is 1. The van der Waals surface area contributed by atoms with Crippen LogP contribution in [0.2, 0.25) is 0 Å². The molecule has 1 heterocycles. The third-order valence-corrected chi connectivity index (χ3v) is 2.04. The Labute approximate surface area is 103 Å². The minimum absolute atomic E-state index is 0.0995. The molecule has 0 spiro atoms. The van der Waals surface area contributed by atoms with Crippen molar-refractivity contribution in [1.82, 2.24) is 15.3 Å². The Morgan fingerprint density at radius 3 is 2.67 bits per heavy atom. The topological polar surface area (TPSA) is 113 Å². The van der Waals surface area contributed by atoms with E-state index in [1.54, 1.807) is 0 Å². The lowest BCUT2D eigenvalue weighted by Gasteiger charge is -2.14. The van der Waals surface area contributed by atoms with Crippen molar-refractivity contribution in [2.75, 3.05) is 19.0 Å². The average Bonchev–Trinajstić information content (AvgIpc) is 2.35. The Balaban J connectivity index is 2.34. The zero-order chi connectivity index (χ0) is 13.4. The number of amides is 2. The first-order valence-corrected chi connectivity index (χ1v) is 5.16. The Morgan fingerprint density at radius 1 is 1.44 bits per heavy atom. The quantitative estimate of drug-likeness (QED) is 0.663. The Bertz CT molecular complexity index is 398. The van der Waals surface area contributed by atoms with Crippen LogP contribution in [0, 0.1) is 0 Å². The highest BCUT2D eigenvalue weighted by atomic mass is 16.5. The summed E-state index contributed by atoms with van der Waals surface area (Å²) in [6.45, 7) is 0.0995. The van der Waals surface area contributed by atoms with Gasteiger partial charge in [0.15, 0.2) is 0 Å². The predicted octanol–water partition coefficient (Wildman–Crippen LogP) is 0.0878. The minimum atomic E-state index is -0.986. The van der Waals surface area contributed by atoms with Crippen LogP contribution in [0.25, 0.3) is 0 Å². The number of anilines is 1. The number of aliphatic carboxylic acids is 1. The van der Waals surface area contributed by atoms with Crippen LogP contribution in [0.1, 0.15) is 6.42 Å². The van der Waals surface area contributed by atoms with Gasteiger partial charge in [0, 0.05) is 13.7 Å². The number of carboxylic acid groups (broad SMARTS) is 1. The molecule has 8 heteroatoms. The highest BCUT2D eigenvalue weighted by Crippen LogP contribution is 2.00. The summed E-state index contributed by atoms with van der Waals surface area (Å²) in [7, 11) is 1.39. The van der Waals surface area contributed by atoms with Crippen molar-refractivity contribution < 1.29 is 19.4 Å². The Morgan fingerprint density at radius 2 is 2.11 bits per heavy atom. The van der Waals surface area contributed by atoms with Gasteiger partial charge in [-0.2, -0.15) is 0 Å². The van der Waals surface area contributed by atoms with E-state index in [0.717, 1.165) is 0 Å². The van der Waals surface area contributed by atoms with Gasteiger partial charge in [-0.25, -0.2) is 14.8 Å². The van der Waals surface area contributed by atoms with E-state index in [-0.39, 0.29) is 13.0 Å². The van der Waals surface area contributed by atoms with Crippen LogP contribution < -0.4 is 10.6 Å². The summed E-state index contributed by atoms with van der Waals surface area (Å²) in [5, 5.41) is 13.6. The molecule has 0 aliphatic carbocycles. The predicted molar refractivity (Wildman–Crippen MR) is 62.1 cm³/mol. The minimum Gasteiger partial charge on any atom is -0.481 e. The number of carbonyl (C=O) groups is 2. The summed E-state index contributed by atoms with van der Waals surface area (Å²) in [4.78, 5) is 29.4. The van der Waals surface area contributed by atoms with Crippen LogP contribution >= 0.6 is 0 Å². The first-order chi connectivity index (χ1) is 8.61. The van der Waals surface area contributed by atoms with Gasteiger partial charge in [-0.15, -0.1) is 0 Å². The standard InChI is InChI=1S/C10H14N4O4/c1-18-8(2-9(15)16)5-13-10(17)14-7-3-11-6-12-4-7/h3-4,6,8H,2,5H2,1H3,(H,15,16)(H2,13,14,17). The van der Waals surface area contributed by atoms with Gasteiger partial charge in [-0.05, 0) is 0 Å². The fourth-order valence-electron chi connectivity index (χ4n) is 1.18. The highest BCUT2D eigenvalue weighted by molar-refractivity contribution is 5.88. The molecule has 0 aliphatic rings. The molecule has 0 radical (unpaired) electrons. The zero-order valence-corrected chi connectivity index (χ0v) is 9.79. The number of urea groups is 1. The van der Waals surface area contributed by atoms with Gasteiger partial charge in [0.1, 0.15) is 6.33 Å². The number of aromatic nitrogens is 2. The molecule has 98 valence electrons. The SMILES string of the molecule is COC(CNC(=O)Nc1cncnc1)CC(=O)O. The number of nitrogens with zero attached hydrogens (tertiary/aromatic N) is 2. The van der Waals surface area contributed by atoms with E-state index in [2.05, 4.69) is 20.6 Å². The molecule has 0 saturated carbocycles. The molecule has 18 heavy (non-hydrogen) atoms. The van der Waals surface area contributed by atoms with E-state index in [4.69, 9.17) is 9.84 Å². The van der Waals surface area contributed by atoms with Crippen molar-refractivity contribution in [3.05, 3.63) is 18.7 Å². The summed E-state index contributed by atoms with van der Waals surface area (Å²) in [5.41, 5.74) is 0.446. The molecule has 1 unspecified atom stereocenters. The first kappa shape index (κ1) is 13.8. The van der Waals surface area contributed by atoms with E-state index >= 15 is 0 Å². The van der Waals surface area contributed by atoms with Gasteiger partial charge in [0.2, 0.25) is 0 Å². The number of carboxylic acids is 1. The number of hydrogen-bond donors (Lipinski definition) is 3. The molecule has 0 saturated heterocycles. The van der Waals surface area contributed by atoms with Crippen molar-refractivity contribution in [3.63, 3.8) is 0 Å². The van der Waals surface area contributed by atoms with Gasteiger partial charge < -0.3 is 20.5 Å². The maximum atomic E-state index is 11.4. The number of nitrogens with one attached hydrogen (secondary N) is 2. The second-order valence-electron chi connectivity index (χ2n) is 3.42. The molecule has 0 bridgehead atoms. The normalized spacial score (nSPS) is 11.6. The lowest BCUT2D eigenvalue weighted by atomic mass is 10.2. The molecule has 1 aromatic heterocycles. The summed E-state index contributed by atoms with van der Waals surface area (Å²) >= 11 is 0. The van der Waals surface area contributed by atoms with E-state index < -0.39 is 18.1 Å². The van der Waals surface area contributed by atoms with Crippen LogP contribution in [0.15, 0.2) is 18.7 Å². The molecule has 3 N–H and O–H groups in total. The summed E-state index contributed by atoms with van der Waals surface area (Å²) in [6, 6.07) is -0.475. The summed E-state index contributed by atoms with van der Waals surface area (Å²) < 4.78 is 4.91. The second kappa shape index (κ2) is 7.17. The zero-order valence-electron chi connectivity index (χ0n) is 9.79. The van der Waals surface area contributed by atoms with Crippen molar-refractivity contribution in [2.45, 2.75) is 12.5 Å². The van der Waals surface area contributed by atoms with E-state index in [1.165, 1.54) is 25.8 Å². The van der Waals surface area contributed by atoms with Crippen LogP contribution in [-0.4, -0.2) is 46.8 Å². The van der Waals surface area contributed by atoms with Gasteiger partial charge in [-0.1, -0.05) is 0 Å². The Kier molecular flexibility index (Phi) is 5.52. The molecule has 1 atom stereocenters. The van der Waals surface area contributed by atoms with Crippen molar-refractivity contribution >= 4 is 17.7 Å². The van der Waals surface area contributed by atoms with E-state index in [0.29, 0.717) is 5.69 Å². The summed E-state index contributed by atoms with van der Waals surface area (Å²) in [5.74, 6) is -0.986. The summed E-state index contributed by atoms with van der Waals surface area (Å²) in [6.07, 6.45) is 3.48. The maximum Gasteiger partial charge on any atom is 0.319 e. The monoisotopic (exact) mass is 254 g/mol. The molecule has 1 aromatic rings. The third kappa shape index (κ3) is 5.21. The number of methoxy groups -OCH3 is 1. The molecule has 2 amide bonds. The maximum absolute atomic E-state index is 11.4. The van der Waals surface area contributed by atoms with Crippen molar-refractivity contribution in [3.8, 4) is 0 Å². The van der Waals surface area contributed by atoms with Gasteiger partial charge >= 0.3 is 12.0 Å². The van der Waals surface area contributed by atoms with E-state index in [9.17, 15) is 9.59 Å². The molecule has 8 nitrogen and oxygen atoms in total. The van der Waals surface area contributed by atoms with Crippen LogP contribution in [0.3, 0.4) is 0 Å². The van der Waals surface area contributed by atoms with Gasteiger partial charge in [-0.3, -0.25) is 4.79 Å². The highest BCUT2D eigenvalue weighted by Gasteiger charge is 2.13. The van der Waals surface area contributed by atoms with Gasteiger partial charge in [0.25, 0.3) is 0 Å². The smallest absolute Gasteiger partial charge is 0.319 e. The van der Waals surface area contributed by atoms with Crippen molar-refractivity contribution in [1.29, 1.82) is 0 Å². The first-order valence-electron chi connectivity index (χ1n) is 5.16. The number of hydrogen-bond acceptors (Lipinski definition) is 5. The lowest BCUT2D eigenvalue weighted by Crippen LogP contribution is -2.37. The fourth-order valence-corrected chi connectivity index (χ4v) is 1.18. The molecule has 0 aliphatic heterocycles.